The third-order valence-corrected chi connectivity index (χ3v) is 0.833. The Morgan fingerprint density at radius 2 is 1.25 bits per heavy atom. The molecule has 48 valence electrons. The largest absolute Gasteiger partial charge is 0.393 e. The average molecular weight is 116 g/mol. The summed E-state index contributed by atoms with van der Waals surface area (Å²) in [7, 11) is 0. The molecule has 0 aromatic rings. The van der Waals surface area contributed by atoms with Crippen molar-refractivity contribution in [1.29, 1.82) is 0 Å². The lowest BCUT2D eigenvalue weighted by atomic mass is 10.1. The highest BCUT2D eigenvalue weighted by Gasteiger charge is 1.98. The van der Waals surface area contributed by atoms with Crippen LogP contribution in [0.2, 0.25) is 0 Å². The molecule has 0 aromatic carbocycles. The first-order chi connectivity index (χ1) is 3.63. The molecule has 0 rings (SSSR count). The van der Waals surface area contributed by atoms with Crippen LogP contribution >= 0.6 is 0 Å². The van der Waals surface area contributed by atoms with Crippen LogP contribution in [0.25, 0.3) is 0 Å². The standard InChI is InChI=1S/C6H12O2/c1-5(7)3-4-6(2)8/h5-8H,1-4H2. The fourth-order valence-electron chi connectivity index (χ4n) is 0.385. The van der Waals surface area contributed by atoms with E-state index < -0.39 is 12.2 Å². The summed E-state index contributed by atoms with van der Waals surface area (Å²) in [5.41, 5.74) is 0. The van der Waals surface area contributed by atoms with Crippen LogP contribution in [0.1, 0.15) is 12.8 Å². The van der Waals surface area contributed by atoms with Crippen LogP contribution in [0.5, 0.6) is 0 Å². The second-order valence-electron chi connectivity index (χ2n) is 1.88. The SMILES string of the molecule is [CH2]C(O)CCC([CH2])O. The van der Waals surface area contributed by atoms with Gasteiger partial charge in [-0.05, 0) is 26.7 Å². The van der Waals surface area contributed by atoms with Gasteiger partial charge in [0.2, 0.25) is 0 Å². The summed E-state index contributed by atoms with van der Waals surface area (Å²) in [4.78, 5) is 0. The van der Waals surface area contributed by atoms with E-state index in [0.29, 0.717) is 12.8 Å². The third kappa shape index (κ3) is 5.92. The van der Waals surface area contributed by atoms with Crippen molar-refractivity contribution in [3.05, 3.63) is 13.8 Å². The maximum Gasteiger partial charge on any atom is 0.0542 e. The molecule has 2 nitrogen and oxygen atoms in total. The predicted octanol–water partition coefficient (Wildman–Crippen LogP) is 0.157. The van der Waals surface area contributed by atoms with Crippen molar-refractivity contribution in [3.63, 3.8) is 0 Å². The Morgan fingerprint density at radius 1 is 1.00 bits per heavy atom. The summed E-state index contributed by atoms with van der Waals surface area (Å²) in [5, 5.41) is 17.1. The summed E-state index contributed by atoms with van der Waals surface area (Å²) >= 11 is 0. The van der Waals surface area contributed by atoms with Gasteiger partial charge in [0.05, 0.1) is 12.2 Å². The lowest BCUT2D eigenvalue weighted by Gasteiger charge is -2.04. The van der Waals surface area contributed by atoms with E-state index in [0.717, 1.165) is 0 Å². The first kappa shape index (κ1) is 7.92. The maximum atomic E-state index is 8.55. The van der Waals surface area contributed by atoms with Gasteiger partial charge in [0.1, 0.15) is 0 Å². The van der Waals surface area contributed by atoms with Crippen LogP contribution in [-0.2, 0) is 0 Å². The Labute approximate surface area is 50.2 Å². The van der Waals surface area contributed by atoms with E-state index in [1.165, 1.54) is 0 Å². The van der Waals surface area contributed by atoms with Crippen LogP contribution in [0.4, 0.5) is 0 Å². The van der Waals surface area contributed by atoms with Crippen molar-refractivity contribution >= 4 is 0 Å². The second kappa shape index (κ2) is 3.87. The normalized spacial score (nSPS) is 18.0. The average Bonchev–Trinajstić information content (AvgIpc) is 1.61. The minimum atomic E-state index is -0.564. The number of rotatable bonds is 3. The van der Waals surface area contributed by atoms with Crippen LogP contribution in [0, 0.1) is 13.8 Å². The van der Waals surface area contributed by atoms with Gasteiger partial charge >= 0.3 is 0 Å². The molecule has 0 heterocycles. The summed E-state index contributed by atoms with van der Waals surface area (Å²) in [6, 6.07) is 0. The van der Waals surface area contributed by atoms with Gasteiger partial charge < -0.3 is 10.2 Å². The number of aliphatic hydroxyl groups excluding tert-OH is 2. The Balaban J connectivity index is 2.93. The van der Waals surface area contributed by atoms with Gasteiger partial charge in [-0.1, -0.05) is 0 Å². The summed E-state index contributed by atoms with van der Waals surface area (Å²) in [6.07, 6.45) is -0.0900. The van der Waals surface area contributed by atoms with E-state index in [9.17, 15) is 0 Å². The Morgan fingerprint density at radius 3 is 1.38 bits per heavy atom. The summed E-state index contributed by atoms with van der Waals surface area (Å²) in [6.45, 7) is 6.65. The van der Waals surface area contributed by atoms with Crippen LogP contribution in [0.15, 0.2) is 0 Å². The van der Waals surface area contributed by atoms with Gasteiger partial charge in [-0.2, -0.15) is 0 Å². The molecule has 2 radical (unpaired) electrons. The molecule has 0 aliphatic carbocycles. The van der Waals surface area contributed by atoms with Crippen LogP contribution < -0.4 is 0 Å². The topological polar surface area (TPSA) is 40.5 Å². The predicted molar refractivity (Wildman–Crippen MR) is 32.0 cm³/mol. The Hall–Kier alpha value is -0.0800. The maximum absolute atomic E-state index is 8.55. The zero-order chi connectivity index (χ0) is 6.57. The highest BCUT2D eigenvalue weighted by molar-refractivity contribution is 4.62. The Bertz CT molecular complexity index is 42.5. The fourth-order valence-corrected chi connectivity index (χ4v) is 0.385. The van der Waals surface area contributed by atoms with E-state index in [2.05, 4.69) is 13.8 Å². The molecule has 0 fully saturated rings. The molecular formula is C6H12O2. The zero-order valence-electron chi connectivity index (χ0n) is 4.88. The number of hydrogen-bond donors (Lipinski definition) is 2. The fraction of sp³-hybridized carbons (Fsp3) is 0.667. The van der Waals surface area contributed by atoms with E-state index in [1.807, 2.05) is 0 Å². The van der Waals surface area contributed by atoms with Crippen LogP contribution in [-0.4, -0.2) is 22.4 Å². The van der Waals surface area contributed by atoms with Crippen molar-refractivity contribution in [2.45, 2.75) is 25.0 Å². The van der Waals surface area contributed by atoms with E-state index in [4.69, 9.17) is 10.2 Å². The molecule has 8 heavy (non-hydrogen) atoms. The third-order valence-electron chi connectivity index (χ3n) is 0.833. The van der Waals surface area contributed by atoms with Crippen molar-refractivity contribution in [3.8, 4) is 0 Å². The molecule has 0 aliphatic heterocycles. The quantitative estimate of drug-likeness (QED) is 0.551. The zero-order valence-corrected chi connectivity index (χ0v) is 4.88. The molecule has 2 N–H and O–H groups in total. The molecule has 0 saturated heterocycles. The van der Waals surface area contributed by atoms with Gasteiger partial charge in [-0.25, -0.2) is 0 Å². The first-order valence-electron chi connectivity index (χ1n) is 2.65. The first-order valence-corrected chi connectivity index (χ1v) is 2.65. The van der Waals surface area contributed by atoms with E-state index >= 15 is 0 Å². The molecule has 0 aromatic heterocycles. The minimum Gasteiger partial charge on any atom is -0.393 e. The summed E-state index contributed by atoms with van der Waals surface area (Å²) < 4.78 is 0. The van der Waals surface area contributed by atoms with Crippen molar-refractivity contribution < 1.29 is 10.2 Å². The van der Waals surface area contributed by atoms with E-state index in [-0.39, 0.29) is 0 Å². The molecule has 0 spiro atoms. The lowest BCUT2D eigenvalue weighted by molar-refractivity contribution is 0.159. The van der Waals surface area contributed by atoms with Gasteiger partial charge in [0, 0.05) is 0 Å². The molecule has 0 saturated carbocycles. The van der Waals surface area contributed by atoms with Crippen molar-refractivity contribution in [2.24, 2.45) is 0 Å². The minimum absolute atomic E-state index is 0.519. The van der Waals surface area contributed by atoms with Gasteiger partial charge in [0.25, 0.3) is 0 Å². The molecule has 2 heteroatoms. The van der Waals surface area contributed by atoms with Crippen LogP contribution in [0.3, 0.4) is 0 Å². The highest BCUT2D eigenvalue weighted by Crippen LogP contribution is 1.98. The Kier molecular flexibility index (Phi) is 3.83. The molecule has 0 bridgehead atoms. The molecular weight excluding hydrogens is 104 g/mol. The van der Waals surface area contributed by atoms with Crippen molar-refractivity contribution in [1.82, 2.24) is 0 Å². The molecule has 2 unspecified atom stereocenters. The van der Waals surface area contributed by atoms with Gasteiger partial charge in [-0.3, -0.25) is 0 Å². The number of aliphatic hydroxyl groups is 2. The smallest absolute Gasteiger partial charge is 0.0542 e. The second-order valence-corrected chi connectivity index (χ2v) is 1.88. The van der Waals surface area contributed by atoms with Gasteiger partial charge in [-0.15, -0.1) is 0 Å². The number of hydrogen-bond acceptors (Lipinski definition) is 2. The highest BCUT2D eigenvalue weighted by atomic mass is 16.3. The van der Waals surface area contributed by atoms with E-state index in [1.54, 1.807) is 0 Å². The molecule has 0 aliphatic rings. The van der Waals surface area contributed by atoms with Crippen molar-refractivity contribution in [2.75, 3.05) is 0 Å². The van der Waals surface area contributed by atoms with Gasteiger partial charge in [0.15, 0.2) is 0 Å². The lowest BCUT2D eigenvalue weighted by Crippen LogP contribution is -2.06. The molecule has 2 atom stereocenters. The summed E-state index contributed by atoms with van der Waals surface area (Å²) in [5.74, 6) is 0. The molecule has 0 amide bonds. The monoisotopic (exact) mass is 116 g/mol.